The number of carbonyl (C=O) groups excluding carboxylic acids is 1. The maximum Gasteiger partial charge on any atom is 0.176 e. The Bertz CT molecular complexity index is 352. The molecule has 0 aliphatic carbocycles. The van der Waals surface area contributed by atoms with E-state index in [9.17, 15) is 4.79 Å². The summed E-state index contributed by atoms with van der Waals surface area (Å²) in [7, 11) is 0. The number of rotatable bonds is 8. The van der Waals surface area contributed by atoms with Gasteiger partial charge in [-0.05, 0) is 31.2 Å². The molecule has 1 aromatic rings. The van der Waals surface area contributed by atoms with Gasteiger partial charge < -0.3 is 9.84 Å². The lowest BCUT2D eigenvalue weighted by Gasteiger charge is -2.08. The van der Waals surface area contributed by atoms with Gasteiger partial charge in [0.1, 0.15) is 5.75 Å². The highest BCUT2D eigenvalue weighted by Crippen LogP contribution is 2.20. The molecule has 0 amide bonds. The van der Waals surface area contributed by atoms with E-state index >= 15 is 0 Å². The minimum atomic E-state index is 0.0805. The molecule has 0 saturated carbocycles. The summed E-state index contributed by atoms with van der Waals surface area (Å²) in [6.45, 7) is 2.63. The van der Waals surface area contributed by atoms with E-state index in [-0.39, 0.29) is 12.4 Å². The standard InChI is InChI=1S/C13H18O3S/c1-2-16-13-7-4-3-6-11(13)12(15)10-17-9-5-8-14/h3-4,6-7,14H,2,5,8-10H2,1H3. The molecule has 0 aliphatic heterocycles. The number of hydrogen-bond donors (Lipinski definition) is 1. The van der Waals surface area contributed by atoms with E-state index in [1.807, 2.05) is 25.1 Å². The fourth-order valence-corrected chi connectivity index (χ4v) is 2.21. The first-order valence-corrected chi connectivity index (χ1v) is 6.88. The Hall–Kier alpha value is -1.00. The lowest BCUT2D eigenvalue weighted by molar-refractivity contribution is 0.101. The van der Waals surface area contributed by atoms with Gasteiger partial charge in [-0.3, -0.25) is 4.79 Å². The van der Waals surface area contributed by atoms with E-state index in [4.69, 9.17) is 9.84 Å². The van der Waals surface area contributed by atoms with Crippen molar-refractivity contribution in [3.05, 3.63) is 29.8 Å². The molecule has 1 N–H and O–H groups in total. The molecule has 94 valence electrons. The van der Waals surface area contributed by atoms with Crippen LogP contribution in [0.4, 0.5) is 0 Å². The zero-order chi connectivity index (χ0) is 12.5. The van der Waals surface area contributed by atoms with Gasteiger partial charge in [-0.15, -0.1) is 0 Å². The van der Waals surface area contributed by atoms with Crippen LogP contribution in [0.15, 0.2) is 24.3 Å². The van der Waals surface area contributed by atoms with Crippen LogP contribution in [0, 0.1) is 0 Å². The number of aliphatic hydroxyl groups excluding tert-OH is 1. The molecule has 17 heavy (non-hydrogen) atoms. The molecule has 3 nitrogen and oxygen atoms in total. The maximum atomic E-state index is 11.9. The van der Waals surface area contributed by atoms with Gasteiger partial charge >= 0.3 is 0 Å². The van der Waals surface area contributed by atoms with Gasteiger partial charge in [0.25, 0.3) is 0 Å². The lowest BCUT2D eigenvalue weighted by atomic mass is 10.1. The summed E-state index contributed by atoms with van der Waals surface area (Å²) in [5.41, 5.74) is 0.644. The summed E-state index contributed by atoms with van der Waals surface area (Å²) in [4.78, 5) is 11.9. The average Bonchev–Trinajstić information content (AvgIpc) is 2.35. The minimum absolute atomic E-state index is 0.0805. The highest BCUT2D eigenvalue weighted by Gasteiger charge is 2.11. The summed E-state index contributed by atoms with van der Waals surface area (Å²) in [6.07, 6.45) is 0.727. The molecule has 0 spiro atoms. The Morgan fingerprint density at radius 1 is 1.41 bits per heavy atom. The summed E-state index contributed by atoms with van der Waals surface area (Å²) in [5, 5.41) is 8.64. The van der Waals surface area contributed by atoms with Crippen LogP contribution in [0.2, 0.25) is 0 Å². The van der Waals surface area contributed by atoms with E-state index in [1.54, 1.807) is 17.8 Å². The van der Waals surface area contributed by atoms with E-state index in [2.05, 4.69) is 0 Å². The molecule has 1 rings (SSSR count). The average molecular weight is 254 g/mol. The third-order valence-corrected chi connectivity index (χ3v) is 3.21. The molecule has 0 heterocycles. The number of ketones is 1. The first-order valence-electron chi connectivity index (χ1n) is 5.73. The first-order chi connectivity index (χ1) is 8.29. The first kappa shape index (κ1) is 14.1. The number of benzene rings is 1. The van der Waals surface area contributed by atoms with Gasteiger partial charge in [-0.2, -0.15) is 11.8 Å². The predicted octanol–water partition coefficient (Wildman–Crippen LogP) is 2.38. The van der Waals surface area contributed by atoms with Gasteiger partial charge in [0.15, 0.2) is 5.78 Å². The minimum Gasteiger partial charge on any atom is -0.493 e. The molecule has 0 fully saturated rings. The second-order valence-corrected chi connectivity index (χ2v) is 4.59. The van der Waals surface area contributed by atoms with Crippen molar-refractivity contribution in [2.45, 2.75) is 13.3 Å². The maximum absolute atomic E-state index is 11.9. The van der Waals surface area contributed by atoms with Crippen LogP contribution >= 0.6 is 11.8 Å². The number of para-hydroxylation sites is 1. The highest BCUT2D eigenvalue weighted by molar-refractivity contribution is 7.99. The molecule has 0 unspecified atom stereocenters. The van der Waals surface area contributed by atoms with Crippen molar-refractivity contribution in [1.29, 1.82) is 0 Å². The third-order valence-electron chi connectivity index (χ3n) is 2.17. The van der Waals surface area contributed by atoms with Gasteiger partial charge in [-0.25, -0.2) is 0 Å². The summed E-state index contributed by atoms with van der Waals surface area (Å²) >= 11 is 1.54. The van der Waals surface area contributed by atoms with Crippen LogP contribution in [0.5, 0.6) is 5.75 Å². The predicted molar refractivity (Wildman–Crippen MR) is 71.0 cm³/mol. The summed E-state index contributed by atoms with van der Waals surface area (Å²) in [5.74, 6) is 1.98. The van der Waals surface area contributed by atoms with Gasteiger partial charge in [-0.1, -0.05) is 12.1 Å². The van der Waals surface area contributed by atoms with Crippen LogP contribution in [0.25, 0.3) is 0 Å². The number of carbonyl (C=O) groups is 1. The van der Waals surface area contributed by atoms with Crippen molar-refractivity contribution in [3.63, 3.8) is 0 Å². The summed E-state index contributed by atoms with van der Waals surface area (Å²) in [6, 6.07) is 7.31. The van der Waals surface area contributed by atoms with Gasteiger partial charge in [0, 0.05) is 6.61 Å². The molecular formula is C13H18O3S. The van der Waals surface area contributed by atoms with Crippen LogP contribution < -0.4 is 4.74 Å². The second-order valence-electron chi connectivity index (χ2n) is 3.48. The zero-order valence-electron chi connectivity index (χ0n) is 10.0. The van der Waals surface area contributed by atoms with E-state index < -0.39 is 0 Å². The topological polar surface area (TPSA) is 46.5 Å². The number of ether oxygens (including phenoxy) is 1. The number of hydrogen-bond acceptors (Lipinski definition) is 4. The van der Waals surface area contributed by atoms with Gasteiger partial charge in [0.2, 0.25) is 0 Å². The van der Waals surface area contributed by atoms with Crippen molar-refractivity contribution in [2.75, 3.05) is 24.7 Å². The van der Waals surface area contributed by atoms with Crippen LogP contribution in [-0.2, 0) is 0 Å². The molecule has 0 saturated heterocycles. The zero-order valence-corrected chi connectivity index (χ0v) is 10.8. The fourth-order valence-electron chi connectivity index (χ4n) is 1.39. The third kappa shape index (κ3) is 4.79. The monoisotopic (exact) mass is 254 g/mol. The quantitative estimate of drug-likeness (QED) is 0.571. The second kappa shape index (κ2) is 8.14. The number of Topliss-reactive ketones (excluding diaryl/α,β-unsaturated/α-hetero) is 1. The Morgan fingerprint density at radius 2 is 2.18 bits per heavy atom. The van der Waals surface area contributed by atoms with E-state index in [0.717, 1.165) is 12.2 Å². The molecule has 1 aromatic carbocycles. The van der Waals surface area contributed by atoms with Crippen LogP contribution in [0.1, 0.15) is 23.7 Å². The van der Waals surface area contributed by atoms with Crippen molar-refractivity contribution in [3.8, 4) is 5.75 Å². The normalized spacial score (nSPS) is 10.2. The van der Waals surface area contributed by atoms with Crippen molar-refractivity contribution in [1.82, 2.24) is 0 Å². The number of thioether (sulfide) groups is 1. The SMILES string of the molecule is CCOc1ccccc1C(=O)CSCCCO. The Labute approximate surface area is 106 Å². The molecule has 0 bridgehead atoms. The smallest absolute Gasteiger partial charge is 0.176 e. The molecule has 4 heteroatoms. The molecular weight excluding hydrogens is 236 g/mol. The van der Waals surface area contributed by atoms with E-state index in [0.29, 0.717) is 23.7 Å². The Morgan fingerprint density at radius 3 is 2.88 bits per heavy atom. The molecule has 0 aliphatic rings. The summed E-state index contributed by atoms with van der Waals surface area (Å²) < 4.78 is 5.42. The molecule has 0 atom stereocenters. The molecule has 0 aromatic heterocycles. The van der Waals surface area contributed by atoms with Gasteiger partial charge in [0.05, 0.1) is 17.9 Å². The Kier molecular flexibility index (Phi) is 6.74. The van der Waals surface area contributed by atoms with Crippen molar-refractivity contribution >= 4 is 17.5 Å². The fraction of sp³-hybridized carbons (Fsp3) is 0.462. The largest absolute Gasteiger partial charge is 0.493 e. The van der Waals surface area contributed by atoms with Crippen LogP contribution in [-0.4, -0.2) is 35.6 Å². The molecule has 0 radical (unpaired) electrons. The van der Waals surface area contributed by atoms with E-state index in [1.165, 1.54) is 0 Å². The highest BCUT2D eigenvalue weighted by atomic mass is 32.2. The van der Waals surface area contributed by atoms with Crippen molar-refractivity contribution in [2.24, 2.45) is 0 Å². The van der Waals surface area contributed by atoms with Crippen LogP contribution in [0.3, 0.4) is 0 Å². The lowest BCUT2D eigenvalue weighted by Crippen LogP contribution is -2.06. The number of aliphatic hydroxyl groups is 1. The Balaban J connectivity index is 2.55. The van der Waals surface area contributed by atoms with Crippen molar-refractivity contribution < 1.29 is 14.6 Å².